The molecule has 0 bridgehead atoms. The van der Waals surface area contributed by atoms with E-state index in [0.717, 1.165) is 0 Å². The van der Waals surface area contributed by atoms with Crippen LogP contribution in [0.3, 0.4) is 0 Å². The minimum Gasteiger partial charge on any atom is -0.463 e. The number of aromatic nitrogens is 2. The number of anilines is 2. The molecule has 0 unspecified atom stereocenters. The van der Waals surface area contributed by atoms with Crippen LogP contribution in [0.2, 0.25) is 0 Å². The molecule has 1 amide bonds. The first kappa shape index (κ1) is 20.6. The third-order valence-corrected chi connectivity index (χ3v) is 6.06. The van der Waals surface area contributed by atoms with Crippen molar-refractivity contribution in [2.24, 2.45) is 0 Å². The van der Waals surface area contributed by atoms with Crippen molar-refractivity contribution in [3.05, 3.63) is 59.5 Å². The molecule has 31 heavy (non-hydrogen) atoms. The molecule has 0 radical (unpaired) electrons. The fourth-order valence-electron chi connectivity index (χ4n) is 3.12. The average Bonchev–Trinajstić information content (AvgIpc) is 3.40. The van der Waals surface area contributed by atoms with Gasteiger partial charge in [0.2, 0.25) is 10.0 Å². The van der Waals surface area contributed by atoms with Crippen LogP contribution in [0.1, 0.15) is 28.5 Å². The van der Waals surface area contributed by atoms with Gasteiger partial charge in [-0.15, -0.1) is 0 Å². The van der Waals surface area contributed by atoms with Crippen molar-refractivity contribution >= 4 is 38.4 Å². The lowest BCUT2D eigenvalue weighted by Gasteiger charge is -2.12. The van der Waals surface area contributed by atoms with Gasteiger partial charge in [-0.3, -0.25) is 9.52 Å². The van der Waals surface area contributed by atoms with Crippen molar-refractivity contribution in [1.29, 1.82) is 0 Å². The van der Waals surface area contributed by atoms with Gasteiger partial charge < -0.3 is 14.3 Å². The lowest BCUT2D eigenvalue weighted by molar-refractivity contribution is 0.102. The number of rotatable bonds is 6. The van der Waals surface area contributed by atoms with Crippen molar-refractivity contribution in [1.82, 2.24) is 10.1 Å². The van der Waals surface area contributed by atoms with E-state index in [1.807, 2.05) is 0 Å². The number of fused-ring (bicyclic) bond motifs is 1. The number of benzene rings is 1. The van der Waals surface area contributed by atoms with E-state index in [-0.39, 0.29) is 17.4 Å². The van der Waals surface area contributed by atoms with Crippen LogP contribution in [0, 0.1) is 13.8 Å². The van der Waals surface area contributed by atoms with Gasteiger partial charge in [-0.25, -0.2) is 13.4 Å². The van der Waals surface area contributed by atoms with E-state index < -0.39 is 10.0 Å². The van der Waals surface area contributed by atoms with Gasteiger partial charge in [-0.05, 0) is 62.7 Å². The molecule has 160 valence electrons. The molecule has 4 aromatic rings. The Hall–Kier alpha value is -3.66. The zero-order valence-corrected chi connectivity index (χ0v) is 17.9. The number of furan rings is 1. The van der Waals surface area contributed by atoms with Crippen LogP contribution in [0.15, 0.2) is 51.6 Å². The van der Waals surface area contributed by atoms with E-state index in [1.54, 1.807) is 57.2 Å². The molecule has 2 N–H and O–H groups in total. The minimum atomic E-state index is -3.39. The van der Waals surface area contributed by atoms with Crippen LogP contribution in [-0.2, 0) is 10.0 Å². The smallest absolute Gasteiger partial charge is 0.259 e. The third-order valence-electron chi connectivity index (χ3n) is 4.77. The Morgan fingerprint density at radius 3 is 2.65 bits per heavy atom. The van der Waals surface area contributed by atoms with Crippen LogP contribution in [-0.4, -0.2) is 30.2 Å². The maximum Gasteiger partial charge on any atom is 0.259 e. The van der Waals surface area contributed by atoms with E-state index in [2.05, 4.69) is 20.2 Å². The van der Waals surface area contributed by atoms with Gasteiger partial charge >= 0.3 is 0 Å². The fourth-order valence-corrected chi connectivity index (χ4v) is 3.83. The van der Waals surface area contributed by atoms with Crippen molar-refractivity contribution in [2.45, 2.75) is 20.8 Å². The summed E-state index contributed by atoms with van der Waals surface area (Å²) in [6, 6.07) is 10.0. The number of carbonyl (C=O) groups is 1. The number of aryl methyl sites for hydroxylation is 2. The Morgan fingerprint density at radius 2 is 1.97 bits per heavy atom. The summed E-state index contributed by atoms with van der Waals surface area (Å²) in [6.45, 7) is 5.05. The second-order valence-corrected chi connectivity index (χ2v) is 8.98. The molecular formula is C21H20N4O5S. The van der Waals surface area contributed by atoms with Gasteiger partial charge in [-0.1, -0.05) is 5.16 Å². The van der Waals surface area contributed by atoms with Gasteiger partial charge in [0.25, 0.3) is 11.6 Å². The quantitative estimate of drug-likeness (QED) is 0.462. The van der Waals surface area contributed by atoms with Gasteiger partial charge in [-0.2, -0.15) is 0 Å². The largest absolute Gasteiger partial charge is 0.463 e. The monoisotopic (exact) mass is 440 g/mol. The van der Waals surface area contributed by atoms with Crippen molar-refractivity contribution < 1.29 is 22.2 Å². The summed E-state index contributed by atoms with van der Waals surface area (Å²) in [4.78, 5) is 17.5. The summed E-state index contributed by atoms with van der Waals surface area (Å²) in [6.07, 6.45) is 1.52. The van der Waals surface area contributed by atoms with E-state index in [1.165, 1.54) is 6.26 Å². The number of sulfonamides is 1. The summed E-state index contributed by atoms with van der Waals surface area (Å²) >= 11 is 0. The number of carbonyl (C=O) groups excluding carboxylic acids is 1. The fraction of sp³-hybridized carbons (Fsp3) is 0.190. The molecule has 3 aromatic heterocycles. The standard InChI is InChI=1S/C21H20N4O5S/c1-4-31(27,28)25-16-8-7-14(10-12(16)2)22-20(26)15-11-17(18-6-5-9-29-18)23-21-19(15)13(3)24-30-21/h5-11,25H,4H2,1-3H3,(H,22,26). The summed E-state index contributed by atoms with van der Waals surface area (Å²) in [5.74, 6) is 0.0835. The van der Waals surface area contributed by atoms with Crippen molar-refractivity contribution in [3.8, 4) is 11.5 Å². The first-order chi connectivity index (χ1) is 14.8. The topological polar surface area (TPSA) is 127 Å². The molecule has 3 heterocycles. The molecule has 9 nitrogen and oxygen atoms in total. The van der Waals surface area contributed by atoms with E-state index in [9.17, 15) is 13.2 Å². The Balaban J connectivity index is 1.67. The highest BCUT2D eigenvalue weighted by molar-refractivity contribution is 7.92. The summed E-state index contributed by atoms with van der Waals surface area (Å²) < 4.78 is 36.8. The number of nitrogens with one attached hydrogen (secondary N) is 2. The van der Waals surface area contributed by atoms with Gasteiger partial charge in [0.1, 0.15) is 5.69 Å². The molecule has 0 aliphatic heterocycles. The number of pyridine rings is 1. The van der Waals surface area contributed by atoms with E-state index in [0.29, 0.717) is 45.0 Å². The highest BCUT2D eigenvalue weighted by Crippen LogP contribution is 2.28. The van der Waals surface area contributed by atoms with E-state index in [4.69, 9.17) is 8.94 Å². The van der Waals surface area contributed by atoms with Crippen LogP contribution < -0.4 is 10.0 Å². The predicted molar refractivity (Wildman–Crippen MR) is 116 cm³/mol. The van der Waals surface area contributed by atoms with Crippen molar-refractivity contribution in [2.75, 3.05) is 15.8 Å². The first-order valence-electron chi connectivity index (χ1n) is 9.51. The van der Waals surface area contributed by atoms with E-state index >= 15 is 0 Å². The normalized spacial score (nSPS) is 11.6. The van der Waals surface area contributed by atoms with Crippen molar-refractivity contribution in [3.63, 3.8) is 0 Å². The number of amides is 1. The predicted octanol–water partition coefficient (Wildman–Crippen LogP) is 4.11. The Kier molecular flexibility index (Phi) is 5.24. The Labute approximate surface area is 178 Å². The second kappa shape index (κ2) is 7.88. The minimum absolute atomic E-state index is 0.0287. The summed E-state index contributed by atoms with van der Waals surface area (Å²) in [5.41, 5.74) is 3.20. The van der Waals surface area contributed by atoms with Gasteiger partial charge in [0, 0.05) is 5.69 Å². The molecular weight excluding hydrogens is 420 g/mol. The zero-order chi connectivity index (χ0) is 22.2. The zero-order valence-electron chi connectivity index (χ0n) is 17.1. The Bertz CT molecular complexity index is 1370. The first-order valence-corrected chi connectivity index (χ1v) is 11.2. The molecule has 0 aliphatic carbocycles. The second-order valence-electron chi connectivity index (χ2n) is 6.97. The maximum absolute atomic E-state index is 13.1. The summed E-state index contributed by atoms with van der Waals surface area (Å²) in [5, 5.41) is 7.27. The lowest BCUT2D eigenvalue weighted by Crippen LogP contribution is -2.16. The van der Waals surface area contributed by atoms with Gasteiger partial charge in [0.05, 0.1) is 34.3 Å². The number of hydrogen-bond acceptors (Lipinski definition) is 7. The third kappa shape index (κ3) is 4.15. The molecule has 1 aromatic carbocycles. The molecule has 10 heteroatoms. The molecule has 0 spiro atoms. The molecule has 0 saturated carbocycles. The Morgan fingerprint density at radius 1 is 1.16 bits per heavy atom. The summed E-state index contributed by atoms with van der Waals surface area (Å²) in [7, 11) is -3.39. The maximum atomic E-state index is 13.1. The number of hydrogen-bond donors (Lipinski definition) is 2. The lowest BCUT2D eigenvalue weighted by atomic mass is 10.1. The van der Waals surface area contributed by atoms with Crippen LogP contribution in [0.4, 0.5) is 11.4 Å². The SMILES string of the molecule is CCS(=O)(=O)Nc1ccc(NC(=O)c2cc(-c3ccco3)nc3onc(C)c23)cc1C. The van der Waals surface area contributed by atoms with Crippen LogP contribution in [0.25, 0.3) is 22.6 Å². The molecule has 0 atom stereocenters. The highest BCUT2D eigenvalue weighted by Gasteiger charge is 2.20. The molecule has 0 saturated heterocycles. The van der Waals surface area contributed by atoms with Crippen LogP contribution >= 0.6 is 0 Å². The van der Waals surface area contributed by atoms with Gasteiger partial charge in [0.15, 0.2) is 5.76 Å². The van der Waals surface area contributed by atoms with Crippen LogP contribution in [0.5, 0.6) is 0 Å². The number of nitrogens with zero attached hydrogens (tertiary/aromatic N) is 2. The molecule has 0 aliphatic rings. The average molecular weight is 440 g/mol. The highest BCUT2D eigenvalue weighted by atomic mass is 32.2. The molecule has 0 fully saturated rings. The molecule has 4 rings (SSSR count).